The Hall–Kier alpha value is -1.35. The van der Waals surface area contributed by atoms with Crippen LogP contribution in [0.15, 0.2) is 24.3 Å². The van der Waals surface area contributed by atoms with E-state index in [1.807, 2.05) is 11.7 Å². The lowest BCUT2D eigenvalue weighted by molar-refractivity contribution is 0.166. The summed E-state index contributed by atoms with van der Waals surface area (Å²) in [5.41, 5.74) is 2.79. The highest BCUT2D eigenvalue weighted by atomic mass is 15.3. The summed E-state index contributed by atoms with van der Waals surface area (Å²) in [4.78, 5) is 0. The van der Waals surface area contributed by atoms with Gasteiger partial charge in [-0.1, -0.05) is 44.9 Å². The second-order valence-electron chi connectivity index (χ2n) is 6.76. The third-order valence-electron chi connectivity index (χ3n) is 4.86. The van der Waals surface area contributed by atoms with Crippen molar-refractivity contribution in [2.45, 2.75) is 52.1 Å². The third-order valence-corrected chi connectivity index (χ3v) is 4.86. The van der Waals surface area contributed by atoms with Crippen LogP contribution in [0.3, 0.4) is 0 Å². The molecule has 0 aliphatic heterocycles. The molecule has 1 atom stereocenters. The van der Waals surface area contributed by atoms with Gasteiger partial charge in [0.25, 0.3) is 0 Å². The van der Waals surface area contributed by atoms with Crippen molar-refractivity contribution >= 4 is 10.9 Å². The first-order chi connectivity index (χ1) is 9.58. The molecule has 1 saturated carbocycles. The van der Waals surface area contributed by atoms with Crippen LogP contribution in [-0.2, 0) is 13.6 Å². The van der Waals surface area contributed by atoms with Crippen molar-refractivity contribution in [2.24, 2.45) is 12.5 Å². The first-order valence-electron chi connectivity index (χ1n) is 7.72. The Labute approximate surface area is 121 Å². The molecule has 20 heavy (non-hydrogen) atoms. The largest absolute Gasteiger partial charge is 0.308 e. The zero-order valence-corrected chi connectivity index (χ0v) is 12.8. The van der Waals surface area contributed by atoms with Gasteiger partial charge in [-0.25, -0.2) is 0 Å². The molecule has 1 aliphatic carbocycles. The van der Waals surface area contributed by atoms with E-state index in [1.54, 1.807) is 0 Å². The Kier molecular flexibility index (Phi) is 3.55. The molecular formula is C17H25N3. The average Bonchev–Trinajstić information content (AvgIpc) is 2.75. The molecule has 0 radical (unpaired) electrons. The molecule has 1 aliphatic rings. The van der Waals surface area contributed by atoms with E-state index in [9.17, 15) is 0 Å². The fourth-order valence-electron chi connectivity index (χ4n) is 3.51. The number of fused-ring (bicyclic) bond motifs is 1. The molecule has 1 N–H and O–H groups in total. The summed E-state index contributed by atoms with van der Waals surface area (Å²) in [6.07, 6.45) is 5.34. The zero-order valence-electron chi connectivity index (χ0n) is 12.8. The lowest BCUT2D eigenvalue weighted by atomic mass is 9.73. The minimum Gasteiger partial charge on any atom is -0.308 e. The Morgan fingerprint density at radius 2 is 2.10 bits per heavy atom. The maximum absolute atomic E-state index is 4.68. The average molecular weight is 271 g/mol. The van der Waals surface area contributed by atoms with E-state index < -0.39 is 0 Å². The molecule has 0 amide bonds. The predicted molar refractivity (Wildman–Crippen MR) is 83.6 cm³/mol. The summed E-state index contributed by atoms with van der Waals surface area (Å²) in [5.74, 6) is 0. The zero-order chi connectivity index (χ0) is 14.2. The van der Waals surface area contributed by atoms with E-state index in [4.69, 9.17) is 0 Å². The highest BCUT2D eigenvalue weighted by Crippen LogP contribution is 2.35. The van der Waals surface area contributed by atoms with Crippen molar-refractivity contribution in [3.05, 3.63) is 30.0 Å². The lowest BCUT2D eigenvalue weighted by Gasteiger charge is -2.39. The maximum atomic E-state index is 4.68. The number of aryl methyl sites for hydroxylation is 1. The number of para-hydroxylation sites is 1. The topological polar surface area (TPSA) is 29.9 Å². The van der Waals surface area contributed by atoms with Crippen LogP contribution < -0.4 is 5.32 Å². The van der Waals surface area contributed by atoms with Crippen LogP contribution in [0, 0.1) is 5.41 Å². The maximum Gasteiger partial charge on any atom is 0.0841 e. The van der Waals surface area contributed by atoms with Crippen LogP contribution >= 0.6 is 0 Å². The monoisotopic (exact) mass is 271 g/mol. The van der Waals surface area contributed by atoms with E-state index in [0.717, 1.165) is 6.54 Å². The van der Waals surface area contributed by atoms with Gasteiger partial charge in [-0.3, -0.25) is 4.68 Å². The highest BCUT2D eigenvalue weighted by Gasteiger charge is 2.31. The summed E-state index contributed by atoms with van der Waals surface area (Å²) >= 11 is 0. The summed E-state index contributed by atoms with van der Waals surface area (Å²) < 4.78 is 1.98. The number of rotatable bonds is 3. The molecule has 1 unspecified atom stereocenters. The van der Waals surface area contributed by atoms with Gasteiger partial charge in [0.05, 0.1) is 11.2 Å². The third kappa shape index (κ3) is 2.47. The standard InChI is InChI=1S/C17H25N3/c1-17(2)11-7-6-10-16(17)18-12-14-13-8-4-5-9-15(13)20(3)19-14/h4-5,8-9,16,18H,6-7,10-12H2,1-3H3. The van der Waals surface area contributed by atoms with Gasteiger partial charge in [-0.05, 0) is 24.3 Å². The Morgan fingerprint density at radius 3 is 2.90 bits per heavy atom. The quantitative estimate of drug-likeness (QED) is 0.924. The minimum atomic E-state index is 0.406. The minimum absolute atomic E-state index is 0.406. The Bertz CT molecular complexity index is 597. The van der Waals surface area contributed by atoms with Gasteiger partial charge in [-0.15, -0.1) is 0 Å². The second kappa shape index (κ2) is 5.21. The van der Waals surface area contributed by atoms with Crippen molar-refractivity contribution in [2.75, 3.05) is 0 Å². The first kappa shape index (κ1) is 13.6. The van der Waals surface area contributed by atoms with Gasteiger partial charge in [-0.2, -0.15) is 5.10 Å². The number of nitrogens with zero attached hydrogens (tertiary/aromatic N) is 2. The van der Waals surface area contributed by atoms with Crippen molar-refractivity contribution in [1.29, 1.82) is 0 Å². The van der Waals surface area contributed by atoms with Gasteiger partial charge in [0.2, 0.25) is 0 Å². The first-order valence-corrected chi connectivity index (χ1v) is 7.72. The number of aromatic nitrogens is 2. The summed E-state index contributed by atoms with van der Waals surface area (Å²) in [6.45, 7) is 5.65. The number of nitrogens with one attached hydrogen (secondary N) is 1. The van der Waals surface area contributed by atoms with Crippen LogP contribution in [0.2, 0.25) is 0 Å². The molecule has 3 heteroatoms. The smallest absolute Gasteiger partial charge is 0.0841 e. The second-order valence-corrected chi connectivity index (χ2v) is 6.76. The molecule has 0 saturated heterocycles. The van der Waals surface area contributed by atoms with Crippen LogP contribution in [0.1, 0.15) is 45.2 Å². The molecule has 1 aromatic heterocycles. The van der Waals surface area contributed by atoms with Crippen molar-refractivity contribution < 1.29 is 0 Å². The van der Waals surface area contributed by atoms with E-state index in [-0.39, 0.29) is 0 Å². The summed E-state index contributed by atoms with van der Waals surface area (Å²) in [5, 5.41) is 9.71. The van der Waals surface area contributed by atoms with Crippen LogP contribution in [0.5, 0.6) is 0 Å². The Balaban J connectivity index is 1.77. The summed E-state index contributed by atoms with van der Waals surface area (Å²) in [6, 6.07) is 9.09. The Morgan fingerprint density at radius 1 is 1.30 bits per heavy atom. The fraction of sp³-hybridized carbons (Fsp3) is 0.588. The van der Waals surface area contributed by atoms with E-state index in [0.29, 0.717) is 11.5 Å². The van der Waals surface area contributed by atoms with E-state index in [1.165, 1.54) is 42.3 Å². The van der Waals surface area contributed by atoms with Crippen molar-refractivity contribution in [3.63, 3.8) is 0 Å². The number of hydrogen-bond donors (Lipinski definition) is 1. The fourth-order valence-corrected chi connectivity index (χ4v) is 3.51. The molecule has 0 spiro atoms. The van der Waals surface area contributed by atoms with Gasteiger partial charge in [0, 0.05) is 25.0 Å². The lowest BCUT2D eigenvalue weighted by Crippen LogP contribution is -2.43. The van der Waals surface area contributed by atoms with Gasteiger partial charge >= 0.3 is 0 Å². The molecule has 2 aromatic rings. The van der Waals surface area contributed by atoms with Crippen LogP contribution in [-0.4, -0.2) is 15.8 Å². The highest BCUT2D eigenvalue weighted by molar-refractivity contribution is 5.81. The molecule has 108 valence electrons. The van der Waals surface area contributed by atoms with Crippen molar-refractivity contribution in [3.8, 4) is 0 Å². The molecule has 0 bridgehead atoms. The molecule has 1 aromatic carbocycles. The van der Waals surface area contributed by atoms with E-state index >= 15 is 0 Å². The summed E-state index contributed by atoms with van der Waals surface area (Å²) in [7, 11) is 2.02. The number of benzene rings is 1. The van der Waals surface area contributed by atoms with Gasteiger partial charge in [0.15, 0.2) is 0 Å². The van der Waals surface area contributed by atoms with Crippen molar-refractivity contribution in [1.82, 2.24) is 15.1 Å². The number of hydrogen-bond acceptors (Lipinski definition) is 2. The molecule has 1 fully saturated rings. The predicted octanol–water partition coefficient (Wildman–Crippen LogP) is 3.63. The molecule has 3 rings (SSSR count). The van der Waals surface area contributed by atoms with E-state index in [2.05, 4.69) is 48.5 Å². The normalized spacial score (nSPS) is 22.2. The molecule has 3 nitrogen and oxygen atoms in total. The van der Waals surface area contributed by atoms with Crippen LogP contribution in [0.4, 0.5) is 0 Å². The SMILES string of the molecule is Cn1nc(CNC2CCCCC2(C)C)c2ccccc21. The van der Waals surface area contributed by atoms with Gasteiger partial charge in [0.1, 0.15) is 0 Å². The molecular weight excluding hydrogens is 246 g/mol. The van der Waals surface area contributed by atoms with Gasteiger partial charge < -0.3 is 5.32 Å². The van der Waals surface area contributed by atoms with Crippen LogP contribution in [0.25, 0.3) is 10.9 Å². The molecule has 1 heterocycles.